The van der Waals surface area contributed by atoms with Gasteiger partial charge in [-0.15, -0.1) is 0 Å². The van der Waals surface area contributed by atoms with Crippen molar-refractivity contribution in [2.75, 3.05) is 39.5 Å². The van der Waals surface area contributed by atoms with Crippen molar-refractivity contribution in [3.05, 3.63) is 29.3 Å². The van der Waals surface area contributed by atoms with Crippen molar-refractivity contribution in [2.45, 2.75) is 46.0 Å². The maximum Gasteiger partial charge on any atom is 0.126 e. The van der Waals surface area contributed by atoms with Gasteiger partial charge in [0.2, 0.25) is 0 Å². The van der Waals surface area contributed by atoms with Gasteiger partial charge in [0, 0.05) is 6.42 Å². The van der Waals surface area contributed by atoms with Crippen LogP contribution in [0.15, 0.2) is 18.2 Å². The molecule has 0 unspecified atom stereocenters. The standard InChI is InChI=1S/C19H31NO2/c1-15(2)17-7-5-8-18(16(3)4)19(17)22-12-6-9-20-10-13-21-14-11-20/h5,7-8,15-16H,6,9-14H2,1-4H3/p+1. The van der Waals surface area contributed by atoms with Crippen molar-refractivity contribution in [1.82, 2.24) is 0 Å². The fourth-order valence-electron chi connectivity index (χ4n) is 3.06. The second kappa shape index (κ2) is 8.54. The zero-order chi connectivity index (χ0) is 15.9. The molecule has 1 saturated heterocycles. The highest BCUT2D eigenvalue weighted by Gasteiger charge is 2.16. The largest absolute Gasteiger partial charge is 0.493 e. The molecular weight excluding hydrogens is 274 g/mol. The van der Waals surface area contributed by atoms with Crippen molar-refractivity contribution in [1.29, 1.82) is 0 Å². The van der Waals surface area contributed by atoms with Crippen LogP contribution >= 0.6 is 0 Å². The van der Waals surface area contributed by atoms with E-state index in [0.29, 0.717) is 11.8 Å². The monoisotopic (exact) mass is 306 g/mol. The van der Waals surface area contributed by atoms with Crippen molar-refractivity contribution < 1.29 is 14.4 Å². The number of hydrogen-bond donors (Lipinski definition) is 1. The minimum absolute atomic E-state index is 0.499. The van der Waals surface area contributed by atoms with E-state index in [0.717, 1.165) is 45.1 Å². The normalized spacial score (nSPS) is 16.5. The van der Waals surface area contributed by atoms with Gasteiger partial charge in [-0.05, 0) is 23.0 Å². The van der Waals surface area contributed by atoms with E-state index in [9.17, 15) is 0 Å². The lowest BCUT2D eigenvalue weighted by Gasteiger charge is -2.24. The van der Waals surface area contributed by atoms with E-state index in [4.69, 9.17) is 9.47 Å². The smallest absolute Gasteiger partial charge is 0.126 e. The number of para-hydroxylation sites is 1. The highest BCUT2D eigenvalue weighted by molar-refractivity contribution is 5.44. The number of morpholine rings is 1. The first-order valence-electron chi connectivity index (χ1n) is 8.76. The van der Waals surface area contributed by atoms with Crippen LogP contribution in [-0.4, -0.2) is 39.5 Å². The molecule has 1 heterocycles. The van der Waals surface area contributed by atoms with Gasteiger partial charge in [-0.1, -0.05) is 45.9 Å². The van der Waals surface area contributed by atoms with Crippen molar-refractivity contribution in [3.63, 3.8) is 0 Å². The second-order valence-corrected chi connectivity index (χ2v) is 6.89. The maximum atomic E-state index is 6.24. The summed E-state index contributed by atoms with van der Waals surface area (Å²) in [6.45, 7) is 15.0. The Balaban J connectivity index is 1.92. The zero-order valence-corrected chi connectivity index (χ0v) is 14.7. The number of benzene rings is 1. The van der Waals surface area contributed by atoms with Crippen LogP contribution in [-0.2, 0) is 4.74 Å². The number of quaternary nitrogens is 1. The summed E-state index contributed by atoms with van der Waals surface area (Å²) >= 11 is 0. The Labute approximate surface area is 135 Å². The first kappa shape index (κ1) is 17.3. The minimum atomic E-state index is 0.499. The molecule has 1 aromatic rings. The SMILES string of the molecule is CC(C)c1cccc(C(C)C)c1OCCC[NH+]1CCOCC1. The van der Waals surface area contributed by atoms with Gasteiger partial charge in [-0.3, -0.25) is 0 Å². The summed E-state index contributed by atoms with van der Waals surface area (Å²) < 4.78 is 11.6. The van der Waals surface area contributed by atoms with E-state index in [-0.39, 0.29) is 0 Å². The fourth-order valence-corrected chi connectivity index (χ4v) is 3.06. The molecule has 0 spiro atoms. The fraction of sp³-hybridized carbons (Fsp3) is 0.684. The Bertz CT molecular complexity index is 424. The average Bonchev–Trinajstić information content (AvgIpc) is 2.52. The van der Waals surface area contributed by atoms with Gasteiger partial charge < -0.3 is 14.4 Å². The molecule has 0 atom stereocenters. The summed E-state index contributed by atoms with van der Waals surface area (Å²) in [5.74, 6) is 2.13. The third-order valence-electron chi connectivity index (χ3n) is 4.44. The van der Waals surface area contributed by atoms with Crippen LogP contribution in [0, 0.1) is 0 Å². The highest BCUT2D eigenvalue weighted by Crippen LogP contribution is 2.34. The van der Waals surface area contributed by atoms with Crippen LogP contribution < -0.4 is 9.64 Å². The van der Waals surface area contributed by atoms with Gasteiger partial charge in [0.25, 0.3) is 0 Å². The van der Waals surface area contributed by atoms with Crippen LogP contribution in [0.25, 0.3) is 0 Å². The lowest BCUT2D eigenvalue weighted by atomic mass is 9.94. The van der Waals surface area contributed by atoms with E-state index >= 15 is 0 Å². The van der Waals surface area contributed by atoms with Crippen LogP contribution in [0.3, 0.4) is 0 Å². The van der Waals surface area contributed by atoms with Crippen molar-refractivity contribution in [3.8, 4) is 5.75 Å². The molecule has 0 aromatic heterocycles. The Morgan fingerprint density at radius 2 is 1.64 bits per heavy atom. The Morgan fingerprint density at radius 3 is 2.18 bits per heavy atom. The third-order valence-corrected chi connectivity index (χ3v) is 4.44. The third kappa shape index (κ3) is 4.72. The highest BCUT2D eigenvalue weighted by atomic mass is 16.5. The topological polar surface area (TPSA) is 22.9 Å². The van der Waals surface area contributed by atoms with Gasteiger partial charge in [-0.25, -0.2) is 0 Å². The molecule has 22 heavy (non-hydrogen) atoms. The Kier molecular flexibility index (Phi) is 6.71. The lowest BCUT2D eigenvalue weighted by Crippen LogP contribution is -3.14. The van der Waals surface area contributed by atoms with E-state index in [1.54, 1.807) is 4.90 Å². The second-order valence-electron chi connectivity index (χ2n) is 6.89. The first-order chi connectivity index (χ1) is 10.6. The van der Waals surface area contributed by atoms with E-state index < -0.39 is 0 Å². The van der Waals surface area contributed by atoms with Crippen LogP contribution in [0.5, 0.6) is 5.75 Å². The Hall–Kier alpha value is -1.06. The number of nitrogens with one attached hydrogen (secondary N) is 1. The molecule has 1 fully saturated rings. The summed E-state index contributed by atoms with van der Waals surface area (Å²) in [7, 11) is 0. The minimum Gasteiger partial charge on any atom is -0.493 e. The molecule has 1 aliphatic heterocycles. The Morgan fingerprint density at radius 1 is 1.05 bits per heavy atom. The summed E-state index contributed by atoms with van der Waals surface area (Å²) in [5, 5.41) is 0. The molecule has 124 valence electrons. The predicted molar refractivity (Wildman–Crippen MR) is 91.1 cm³/mol. The summed E-state index contributed by atoms with van der Waals surface area (Å²) in [4.78, 5) is 1.65. The quantitative estimate of drug-likeness (QED) is 0.783. The number of hydrogen-bond acceptors (Lipinski definition) is 2. The summed E-state index contributed by atoms with van der Waals surface area (Å²) in [6.07, 6.45) is 1.11. The molecule has 3 nitrogen and oxygen atoms in total. The van der Waals surface area contributed by atoms with Crippen LogP contribution in [0.1, 0.15) is 57.1 Å². The van der Waals surface area contributed by atoms with Crippen LogP contribution in [0.4, 0.5) is 0 Å². The van der Waals surface area contributed by atoms with E-state index in [1.807, 2.05) is 0 Å². The molecule has 2 rings (SSSR count). The molecule has 0 saturated carbocycles. The zero-order valence-electron chi connectivity index (χ0n) is 14.7. The van der Waals surface area contributed by atoms with E-state index in [1.165, 1.54) is 17.7 Å². The first-order valence-corrected chi connectivity index (χ1v) is 8.76. The predicted octanol–water partition coefficient (Wildman–Crippen LogP) is 2.62. The maximum absolute atomic E-state index is 6.24. The molecule has 3 heteroatoms. The molecule has 1 N–H and O–H groups in total. The van der Waals surface area contributed by atoms with Gasteiger partial charge in [-0.2, -0.15) is 0 Å². The van der Waals surface area contributed by atoms with E-state index in [2.05, 4.69) is 45.9 Å². The average molecular weight is 306 g/mol. The summed E-state index contributed by atoms with van der Waals surface area (Å²) in [5.41, 5.74) is 2.68. The van der Waals surface area contributed by atoms with Gasteiger partial charge >= 0.3 is 0 Å². The molecule has 0 aliphatic carbocycles. The van der Waals surface area contributed by atoms with Gasteiger partial charge in [0.05, 0.1) is 26.4 Å². The van der Waals surface area contributed by atoms with Gasteiger partial charge in [0.15, 0.2) is 0 Å². The molecule has 0 radical (unpaired) electrons. The molecule has 0 amide bonds. The molecule has 1 aliphatic rings. The van der Waals surface area contributed by atoms with Crippen molar-refractivity contribution in [2.24, 2.45) is 0 Å². The molecule has 1 aromatic carbocycles. The van der Waals surface area contributed by atoms with Gasteiger partial charge in [0.1, 0.15) is 18.8 Å². The number of ether oxygens (including phenoxy) is 2. The molecule has 0 bridgehead atoms. The van der Waals surface area contributed by atoms with Crippen LogP contribution in [0.2, 0.25) is 0 Å². The summed E-state index contributed by atoms with van der Waals surface area (Å²) in [6, 6.07) is 6.58. The lowest BCUT2D eigenvalue weighted by molar-refractivity contribution is -0.908. The molecular formula is C19H32NO2+. The van der Waals surface area contributed by atoms with Crippen molar-refractivity contribution >= 4 is 0 Å². The number of rotatable bonds is 7.